The summed E-state index contributed by atoms with van der Waals surface area (Å²) >= 11 is 1.57. The monoisotopic (exact) mass is 420 g/mol. The number of benzene rings is 2. The van der Waals surface area contributed by atoms with Gasteiger partial charge in [0.15, 0.2) is 0 Å². The number of carbonyl (C=O) groups excluding carboxylic acids is 1. The Hall–Kier alpha value is -3.06. The van der Waals surface area contributed by atoms with Crippen LogP contribution in [0.1, 0.15) is 28.1 Å². The van der Waals surface area contributed by atoms with Crippen LogP contribution in [0.2, 0.25) is 0 Å². The van der Waals surface area contributed by atoms with Gasteiger partial charge < -0.3 is 14.4 Å². The number of carbonyl (C=O) groups is 1. The molecule has 0 aliphatic heterocycles. The second kappa shape index (κ2) is 9.17. The molecule has 4 rings (SSSR count). The van der Waals surface area contributed by atoms with E-state index in [2.05, 4.69) is 50.4 Å². The molecule has 154 valence electrons. The third-order valence-corrected chi connectivity index (χ3v) is 6.01. The molecule has 0 atom stereocenters. The molecule has 1 amide bonds. The van der Waals surface area contributed by atoms with Gasteiger partial charge in [-0.05, 0) is 37.1 Å². The highest BCUT2D eigenvalue weighted by molar-refractivity contribution is 7.99. The van der Waals surface area contributed by atoms with E-state index in [-0.39, 0.29) is 5.91 Å². The summed E-state index contributed by atoms with van der Waals surface area (Å²) in [4.78, 5) is 16.6. The van der Waals surface area contributed by atoms with Crippen LogP contribution in [0.25, 0.3) is 11.0 Å². The summed E-state index contributed by atoms with van der Waals surface area (Å²) in [5.74, 6) is 1.99. The molecule has 0 bridgehead atoms. The van der Waals surface area contributed by atoms with Gasteiger partial charge in [-0.2, -0.15) is 0 Å². The van der Waals surface area contributed by atoms with E-state index in [0.29, 0.717) is 12.3 Å². The standard InChI is InChI=1S/C23H24N4O2S/c1-16-20(17(2)29-26-16)13-30-14-23(28)24-11-18-7-9-19(10-8-18)12-27-15-25-21-5-3-4-6-22(21)27/h3-10,15H,11-14H2,1-2H3,(H,24,28). The van der Waals surface area contributed by atoms with Crippen LogP contribution in [0.5, 0.6) is 0 Å². The van der Waals surface area contributed by atoms with Crippen molar-refractivity contribution in [3.05, 3.63) is 83.0 Å². The van der Waals surface area contributed by atoms with Gasteiger partial charge in [0.2, 0.25) is 5.91 Å². The number of nitrogens with one attached hydrogen (secondary N) is 1. The number of amides is 1. The minimum Gasteiger partial charge on any atom is -0.361 e. The number of rotatable bonds is 8. The van der Waals surface area contributed by atoms with E-state index in [1.54, 1.807) is 11.8 Å². The first-order chi connectivity index (χ1) is 14.6. The van der Waals surface area contributed by atoms with E-state index >= 15 is 0 Å². The normalized spacial score (nSPS) is 11.1. The van der Waals surface area contributed by atoms with Gasteiger partial charge in [-0.15, -0.1) is 11.8 Å². The first-order valence-corrected chi connectivity index (χ1v) is 11.0. The molecule has 1 N–H and O–H groups in total. The smallest absolute Gasteiger partial charge is 0.230 e. The van der Waals surface area contributed by atoms with Gasteiger partial charge in [0.05, 0.1) is 28.8 Å². The summed E-state index contributed by atoms with van der Waals surface area (Å²) < 4.78 is 7.29. The van der Waals surface area contributed by atoms with Crippen LogP contribution in [-0.2, 0) is 23.6 Å². The maximum absolute atomic E-state index is 12.1. The Morgan fingerprint density at radius 2 is 1.87 bits per heavy atom. The topological polar surface area (TPSA) is 73.0 Å². The van der Waals surface area contributed by atoms with Crippen molar-refractivity contribution >= 4 is 28.7 Å². The Morgan fingerprint density at radius 3 is 2.63 bits per heavy atom. The van der Waals surface area contributed by atoms with Crippen LogP contribution >= 0.6 is 11.8 Å². The average molecular weight is 421 g/mol. The Kier molecular flexibility index (Phi) is 6.18. The number of hydrogen-bond acceptors (Lipinski definition) is 5. The summed E-state index contributed by atoms with van der Waals surface area (Å²) in [7, 11) is 0. The number of hydrogen-bond donors (Lipinski definition) is 1. The van der Waals surface area contributed by atoms with Gasteiger partial charge in [0.25, 0.3) is 0 Å². The average Bonchev–Trinajstić information content (AvgIpc) is 3.31. The first kappa shape index (κ1) is 20.2. The van der Waals surface area contributed by atoms with Gasteiger partial charge in [-0.3, -0.25) is 4.79 Å². The van der Waals surface area contributed by atoms with Gasteiger partial charge in [0, 0.05) is 24.4 Å². The van der Waals surface area contributed by atoms with Crippen molar-refractivity contribution in [1.82, 2.24) is 20.0 Å². The number of para-hydroxylation sites is 2. The van der Waals surface area contributed by atoms with E-state index in [9.17, 15) is 4.79 Å². The highest BCUT2D eigenvalue weighted by Crippen LogP contribution is 2.19. The van der Waals surface area contributed by atoms with Crippen LogP contribution in [0.3, 0.4) is 0 Å². The lowest BCUT2D eigenvalue weighted by atomic mass is 10.1. The largest absolute Gasteiger partial charge is 0.361 e. The molecule has 0 saturated carbocycles. The van der Waals surface area contributed by atoms with Gasteiger partial charge in [-0.1, -0.05) is 41.6 Å². The first-order valence-electron chi connectivity index (χ1n) is 9.84. The van der Waals surface area contributed by atoms with Crippen molar-refractivity contribution < 1.29 is 9.32 Å². The number of nitrogens with zero attached hydrogens (tertiary/aromatic N) is 3. The summed E-state index contributed by atoms with van der Waals surface area (Å²) in [6.45, 7) is 5.12. The van der Waals surface area contributed by atoms with Gasteiger partial charge in [0.1, 0.15) is 5.76 Å². The molecule has 30 heavy (non-hydrogen) atoms. The van der Waals surface area contributed by atoms with E-state index in [4.69, 9.17) is 4.52 Å². The Bertz CT molecular complexity index is 1130. The minimum absolute atomic E-state index is 0.0284. The second-order valence-electron chi connectivity index (χ2n) is 7.25. The minimum atomic E-state index is 0.0284. The molecule has 0 aliphatic carbocycles. The second-order valence-corrected chi connectivity index (χ2v) is 8.24. The van der Waals surface area contributed by atoms with Crippen molar-refractivity contribution in [1.29, 1.82) is 0 Å². The van der Waals surface area contributed by atoms with Crippen molar-refractivity contribution in [3.8, 4) is 0 Å². The van der Waals surface area contributed by atoms with Gasteiger partial charge in [-0.25, -0.2) is 4.98 Å². The Balaban J connectivity index is 1.25. The van der Waals surface area contributed by atoms with Gasteiger partial charge >= 0.3 is 0 Å². The molecule has 0 unspecified atom stereocenters. The molecule has 2 aromatic carbocycles. The molecule has 0 aliphatic rings. The van der Waals surface area contributed by atoms with Crippen LogP contribution in [0.4, 0.5) is 0 Å². The summed E-state index contributed by atoms with van der Waals surface area (Å²) in [5.41, 5.74) is 6.38. The molecule has 0 radical (unpaired) electrons. The summed E-state index contributed by atoms with van der Waals surface area (Å²) in [5, 5.41) is 6.92. The number of fused-ring (bicyclic) bond motifs is 1. The zero-order valence-corrected chi connectivity index (χ0v) is 17.9. The van der Waals surface area contributed by atoms with Crippen molar-refractivity contribution in [2.24, 2.45) is 0 Å². The lowest BCUT2D eigenvalue weighted by Gasteiger charge is -2.08. The van der Waals surface area contributed by atoms with Crippen molar-refractivity contribution in [2.75, 3.05) is 5.75 Å². The molecule has 0 spiro atoms. The lowest BCUT2D eigenvalue weighted by Crippen LogP contribution is -2.24. The maximum Gasteiger partial charge on any atom is 0.230 e. The fraction of sp³-hybridized carbons (Fsp3) is 0.261. The van der Waals surface area contributed by atoms with Crippen LogP contribution in [-0.4, -0.2) is 26.4 Å². The molecule has 0 saturated heterocycles. The Morgan fingerprint density at radius 1 is 1.10 bits per heavy atom. The lowest BCUT2D eigenvalue weighted by molar-refractivity contribution is -0.118. The number of imidazole rings is 1. The number of thioether (sulfide) groups is 1. The molecule has 0 fully saturated rings. The van der Waals surface area contributed by atoms with E-state index < -0.39 is 0 Å². The predicted molar refractivity (Wildman–Crippen MR) is 119 cm³/mol. The molecular formula is C23H24N4O2S. The van der Waals surface area contributed by atoms with E-state index in [0.717, 1.165) is 45.9 Å². The summed E-state index contributed by atoms with van der Waals surface area (Å²) in [6, 6.07) is 16.4. The highest BCUT2D eigenvalue weighted by atomic mass is 32.2. The zero-order valence-electron chi connectivity index (χ0n) is 17.1. The zero-order chi connectivity index (χ0) is 20.9. The third-order valence-electron chi connectivity index (χ3n) is 5.05. The van der Waals surface area contributed by atoms with E-state index in [1.165, 1.54) is 5.56 Å². The SMILES string of the molecule is Cc1noc(C)c1CSCC(=O)NCc1ccc(Cn2cnc3ccccc32)cc1. The quantitative estimate of drug-likeness (QED) is 0.462. The molecule has 7 heteroatoms. The highest BCUT2D eigenvalue weighted by Gasteiger charge is 2.10. The fourth-order valence-electron chi connectivity index (χ4n) is 3.30. The molecule has 2 heterocycles. The van der Waals surface area contributed by atoms with Crippen LogP contribution < -0.4 is 5.32 Å². The van der Waals surface area contributed by atoms with Crippen LogP contribution in [0.15, 0.2) is 59.4 Å². The van der Waals surface area contributed by atoms with Crippen molar-refractivity contribution in [3.63, 3.8) is 0 Å². The molecular weight excluding hydrogens is 396 g/mol. The summed E-state index contributed by atoms with van der Waals surface area (Å²) in [6.07, 6.45) is 1.87. The van der Waals surface area contributed by atoms with Crippen LogP contribution in [0, 0.1) is 13.8 Å². The molecule has 6 nitrogen and oxygen atoms in total. The number of aromatic nitrogens is 3. The van der Waals surface area contributed by atoms with Crippen molar-refractivity contribution in [2.45, 2.75) is 32.7 Å². The number of aryl methyl sites for hydroxylation is 2. The fourth-order valence-corrected chi connectivity index (χ4v) is 4.31. The third kappa shape index (κ3) is 4.74. The predicted octanol–water partition coefficient (Wildman–Crippen LogP) is 4.24. The molecule has 2 aromatic heterocycles. The maximum atomic E-state index is 12.1. The Labute approximate surface area is 179 Å². The van der Waals surface area contributed by atoms with E-state index in [1.807, 2.05) is 38.4 Å². The molecule has 4 aromatic rings.